The highest BCUT2D eigenvalue weighted by Gasteiger charge is 2.37. The summed E-state index contributed by atoms with van der Waals surface area (Å²) < 4.78 is 20.9. The SMILES string of the molecule is Cc1cc(C(C)(C)C)c2op(OC(C)(C)[C@@H]3CSC(c4ccccc4)=N3)oc3c(C(C)(C)C)cc(C)c(C)c3c2c1C. The minimum absolute atomic E-state index is 0.0294. The first-order chi connectivity index (χ1) is 19.5. The summed E-state index contributed by atoms with van der Waals surface area (Å²) in [7, 11) is -1.79. The Morgan fingerprint density at radius 3 is 1.69 bits per heavy atom. The molecule has 1 aliphatic rings. The fraction of sp³-hybridized carbons (Fsp3) is 0.472. The summed E-state index contributed by atoms with van der Waals surface area (Å²) >= 11 is 1.79. The molecule has 6 heteroatoms. The average Bonchev–Trinajstić information content (AvgIpc) is 3.34. The van der Waals surface area contributed by atoms with Crippen LogP contribution in [0.2, 0.25) is 0 Å². The average molecular weight is 604 g/mol. The highest BCUT2D eigenvalue weighted by Crippen LogP contribution is 2.46. The van der Waals surface area contributed by atoms with E-state index in [-0.39, 0.29) is 16.9 Å². The standard InChI is InChI=1S/C36H46NO3PS/c1-21-18-26(34(5,6)7)31-29(23(21)3)30-24(4)22(2)19-27(35(8,9)10)32(30)39-41(38-31)40-36(11,12)28-20-42-33(37-28)25-16-14-13-15-17-25/h13-19,28H,20H2,1-12H3/t28-/m0/s1. The van der Waals surface area contributed by atoms with Gasteiger partial charge in [-0.2, -0.15) is 0 Å². The number of aryl methyl sites for hydroxylation is 4. The highest BCUT2D eigenvalue weighted by molar-refractivity contribution is 8.14. The molecular formula is C36H46NO3PS. The smallest absolute Gasteiger partial charge is 0.388 e. The maximum atomic E-state index is 6.97. The Labute approximate surface area is 257 Å². The van der Waals surface area contributed by atoms with Gasteiger partial charge in [0.2, 0.25) is 0 Å². The van der Waals surface area contributed by atoms with Crippen LogP contribution in [-0.4, -0.2) is 22.4 Å². The number of hydrogen-bond donors (Lipinski definition) is 0. The molecule has 0 spiro atoms. The quantitative estimate of drug-likeness (QED) is 0.233. The largest absolute Gasteiger partial charge is 0.399 e. The number of fused-ring (bicyclic) bond motifs is 3. The van der Waals surface area contributed by atoms with E-state index in [4.69, 9.17) is 17.9 Å². The van der Waals surface area contributed by atoms with Crippen molar-refractivity contribution in [3.8, 4) is 0 Å². The summed E-state index contributed by atoms with van der Waals surface area (Å²) in [6.07, 6.45) is 0. The van der Waals surface area contributed by atoms with Crippen molar-refractivity contribution in [3.63, 3.8) is 0 Å². The van der Waals surface area contributed by atoms with Gasteiger partial charge in [0.1, 0.15) is 16.8 Å². The van der Waals surface area contributed by atoms with Crippen LogP contribution in [0.3, 0.4) is 0 Å². The maximum absolute atomic E-state index is 6.97. The van der Waals surface area contributed by atoms with Gasteiger partial charge in [0.15, 0.2) is 0 Å². The van der Waals surface area contributed by atoms with Crippen molar-refractivity contribution in [2.45, 2.75) is 106 Å². The van der Waals surface area contributed by atoms with Gasteiger partial charge < -0.3 is 8.39 Å². The van der Waals surface area contributed by atoms with Crippen LogP contribution in [0.25, 0.3) is 21.9 Å². The molecular weight excluding hydrogens is 557 g/mol. The molecule has 4 nitrogen and oxygen atoms in total. The van der Waals surface area contributed by atoms with Gasteiger partial charge in [-0.25, -0.2) is 0 Å². The third kappa shape index (κ3) is 5.73. The van der Waals surface area contributed by atoms with E-state index in [9.17, 15) is 0 Å². The Bertz CT molecular complexity index is 1650. The first kappa shape index (κ1) is 31.0. The zero-order valence-corrected chi connectivity index (χ0v) is 29.1. The lowest BCUT2D eigenvalue weighted by Gasteiger charge is -2.27. The number of hydrogen-bond acceptors (Lipinski definition) is 5. The molecule has 0 bridgehead atoms. The minimum atomic E-state index is -1.79. The molecule has 0 saturated heterocycles. The second kappa shape index (κ2) is 10.9. The summed E-state index contributed by atoms with van der Waals surface area (Å²) in [6.45, 7) is 26.6. The van der Waals surface area contributed by atoms with E-state index in [1.807, 2.05) is 6.07 Å². The predicted molar refractivity (Wildman–Crippen MR) is 183 cm³/mol. The molecule has 0 fully saturated rings. The molecule has 1 aromatic heterocycles. The Morgan fingerprint density at radius 1 is 0.762 bits per heavy atom. The van der Waals surface area contributed by atoms with Crippen LogP contribution < -0.4 is 4.52 Å². The monoisotopic (exact) mass is 603 g/mol. The lowest BCUT2D eigenvalue weighted by molar-refractivity contribution is 0.136. The van der Waals surface area contributed by atoms with Gasteiger partial charge in [0.05, 0.1) is 11.1 Å². The molecule has 0 saturated carbocycles. The highest BCUT2D eigenvalue weighted by atomic mass is 32.2. The summed E-state index contributed by atoms with van der Waals surface area (Å²) in [5, 5.41) is 3.33. The minimum Gasteiger partial charge on any atom is -0.399 e. The molecule has 3 aromatic carbocycles. The molecule has 4 aromatic rings. The van der Waals surface area contributed by atoms with Gasteiger partial charge in [-0.3, -0.25) is 9.52 Å². The number of nitrogens with zero attached hydrogens (tertiary/aromatic N) is 1. The number of benzene rings is 3. The van der Waals surface area contributed by atoms with E-state index in [0.717, 1.165) is 38.3 Å². The Kier molecular flexibility index (Phi) is 8.05. The van der Waals surface area contributed by atoms with Crippen molar-refractivity contribution in [1.29, 1.82) is 0 Å². The van der Waals surface area contributed by atoms with Gasteiger partial charge >= 0.3 is 8.24 Å². The summed E-state index contributed by atoms with van der Waals surface area (Å²) in [5.74, 6) is 0.852. The lowest BCUT2D eigenvalue weighted by Crippen LogP contribution is -2.40. The van der Waals surface area contributed by atoms with Crippen LogP contribution in [0.15, 0.2) is 55.9 Å². The molecule has 0 amide bonds. The van der Waals surface area contributed by atoms with Gasteiger partial charge in [-0.05, 0) is 74.6 Å². The van der Waals surface area contributed by atoms with E-state index in [1.54, 1.807) is 11.8 Å². The van der Waals surface area contributed by atoms with Crippen LogP contribution in [-0.2, 0) is 10.8 Å². The van der Waals surface area contributed by atoms with Gasteiger partial charge in [0, 0.05) is 33.2 Å². The van der Waals surface area contributed by atoms with Crippen molar-refractivity contribution in [2.24, 2.45) is 4.99 Å². The molecule has 224 valence electrons. The second-order valence-corrected chi connectivity index (χ2v) is 16.4. The zero-order chi connectivity index (χ0) is 30.8. The molecule has 1 aliphatic heterocycles. The van der Waals surface area contributed by atoms with E-state index < -0.39 is 13.8 Å². The first-order valence-electron chi connectivity index (χ1n) is 14.9. The Balaban J connectivity index is 1.81. The number of rotatable bonds is 4. The topological polar surface area (TPSA) is 47.9 Å². The molecule has 0 aliphatic carbocycles. The normalized spacial score (nSPS) is 16.4. The fourth-order valence-corrected chi connectivity index (χ4v) is 8.21. The second-order valence-electron chi connectivity index (χ2n) is 14.4. The van der Waals surface area contributed by atoms with E-state index in [2.05, 4.69) is 119 Å². The third-order valence-corrected chi connectivity index (χ3v) is 11.0. The van der Waals surface area contributed by atoms with Crippen LogP contribution in [0.5, 0.6) is 0 Å². The summed E-state index contributed by atoms with van der Waals surface area (Å²) in [6, 6.07) is 14.9. The van der Waals surface area contributed by atoms with E-state index in [1.165, 1.54) is 33.4 Å². The Morgan fingerprint density at radius 2 is 1.24 bits per heavy atom. The molecule has 0 N–H and O–H groups in total. The van der Waals surface area contributed by atoms with Crippen molar-refractivity contribution in [3.05, 3.63) is 81.4 Å². The van der Waals surface area contributed by atoms with Crippen molar-refractivity contribution < 1.29 is 12.9 Å². The molecule has 0 unspecified atom stereocenters. The molecule has 42 heavy (non-hydrogen) atoms. The lowest BCUT2D eigenvalue weighted by atomic mass is 9.81. The van der Waals surface area contributed by atoms with Gasteiger partial charge in [-0.1, -0.05) is 84.0 Å². The van der Waals surface area contributed by atoms with Crippen LogP contribution >= 0.6 is 20.0 Å². The van der Waals surface area contributed by atoms with E-state index >= 15 is 0 Å². The van der Waals surface area contributed by atoms with Gasteiger partial charge in [0.25, 0.3) is 0 Å². The van der Waals surface area contributed by atoms with Crippen LogP contribution in [0.1, 0.15) is 94.3 Å². The predicted octanol–water partition coefficient (Wildman–Crippen LogP) is 10.9. The zero-order valence-electron chi connectivity index (χ0n) is 27.4. The maximum Gasteiger partial charge on any atom is 0.388 e. The third-order valence-electron chi connectivity index (χ3n) is 8.58. The number of aliphatic imine (C=N–C) groups is 1. The van der Waals surface area contributed by atoms with Crippen molar-refractivity contribution >= 4 is 47.0 Å². The van der Waals surface area contributed by atoms with Gasteiger partial charge in [-0.15, -0.1) is 11.8 Å². The Hall–Kier alpha value is -2.46. The van der Waals surface area contributed by atoms with Crippen molar-refractivity contribution in [1.82, 2.24) is 0 Å². The molecule has 2 heterocycles. The summed E-state index contributed by atoms with van der Waals surface area (Å²) in [4.78, 5) is 5.13. The first-order valence-corrected chi connectivity index (χ1v) is 17.0. The molecule has 5 rings (SSSR count). The van der Waals surface area contributed by atoms with Crippen LogP contribution in [0.4, 0.5) is 0 Å². The van der Waals surface area contributed by atoms with Crippen LogP contribution in [0, 0.1) is 27.7 Å². The molecule has 0 radical (unpaired) electrons. The molecule has 1 atom stereocenters. The number of thioether (sulfide) groups is 1. The van der Waals surface area contributed by atoms with E-state index in [0.29, 0.717) is 0 Å². The fourth-order valence-electron chi connectivity index (χ4n) is 5.62. The summed E-state index contributed by atoms with van der Waals surface area (Å²) in [5.41, 5.74) is 9.33. The van der Waals surface area contributed by atoms with Crippen molar-refractivity contribution in [2.75, 3.05) is 5.75 Å².